The molecule has 2 bridgehead atoms. The first-order chi connectivity index (χ1) is 11.6. The monoisotopic (exact) mass is 339 g/mol. The van der Waals surface area contributed by atoms with E-state index in [4.69, 9.17) is 27.7 Å². The van der Waals surface area contributed by atoms with Gasteiger partial charge in [-0.2, -0.15) is 0 Å². The van der Waals surface area contributed by atoms with Crippen molar-refractivity contribution < 1.29 is 4.74 Å². The lowest BCUT2D eigenvalue weighted by molar-refractivity contribution is 0.415. The predicted molar refractivity (Wildman–Crippen MR) is 98.5 cm³/mol. The highest BCUT2D eigenvalue weighted by atomic mass is 32.1. The van der Waals surface area contributed by atoms with Crippen molar-refractivity contribution in [3.63, 3.8) is 0 Å². The van der Waals surface area contributed by atoms with Gasteiger partial charge in [-0.15, -0.1) is 0 Å². The van der Waals surface area contributed by atoms with Gasteiger partial charge in [0.15, 0.2) is 0 Å². The number of rotatable bonds is 4. The summed E-state index contributed by atoms with van der Waals surface area (Å²) in [6.45, 7) is 0.552. The fraction of sp³-hybridized carbons (Fsp3) is 0.278. The molecule has 2 heterocycles. The van der Waals surface area contributed by atoms with Crippen LogP contribution in [0.4, 0.5) is 0 Å². The van der Waals surface area contributed by atoms with Crippen molar-refractivity contribution in [2.45, 2.75) is 18.4 Å². The summed E-state index contributed by atoms with van der Waals surface area (Å²) >= 11 is 5.71. The summed E-state index contributed by atoms with van der Waals surface area (Å²) in [6, 6.07) is 5.35. The van der Waals surface area contributed by atoms with E-state index < -0.39 is 5.54 Å². The van der Waals surface area contributed by atoms with Crippen molar-refractivity contribution in [1.29, 1.82) is 0 Å². The molecule has 2 N–H and O–H groups in total. The van der Waals surface area contributed by atoms with Gasteiger partial charge < -0.3 is 10.5 Å². The third-order valence-electron chi connectivity index (χ3n) is 4.75. The Hall–Kier alpha value is -2.31. The van der Waals surface area contributed by atoms with Crippen LogP contribution in [-0.4, -0.2) is 28.1 Å². The molecule has 1 aromatic heterocycles. The quantitative estimate of drug-likeness (QED) is 0.865. The van der Waals surface area contributed by atoms with Crippen molar-refractivity contribution in [2.75, 3.05) is 13.7 Å². The standard InChI is InChI=1S/C18H17N3O2S/c1-23-11-5-6-14-13(10-11)17(22)21-16(20-14)12-4-2-7-18(21,15(12)24)8-3-9-19/h2,4-7,10H,3,8-9,19H2,1H3. The fourth-order valence-electron chi connectivity index (χ4n) is 3.56. The lowest BCUT2D eigenvalue weighted by Gasteiger charge is -2.29. The summed E-state index contributed by atoms with van der Waals surface area (Å²) in [7, 11) is 1.58. The Morgan fingerprint density at radius 2 is 2.25 bits per heavy atom. The van der Waals surface area contributed by atoms with Gasteiger partial charge in [-0.05, 0) is 37.6 Å². The number of ether oxygens (including phenoxy) is 1. The van der Waals surface area contributed by atoms with E-state index in [0.29, 0.717) is 35.4 Å². The van der Waals surface area contributed by atoms with Crippen LogP contribution in [-0.2, 0) is 5.54 Å². The highest BCUT2D eigenvalue weighted by Crippen LogP contribution is 2.43. The molecule has 24 heavy (non-hydrogen) atoms. The van der Waals surface area contributed by atoms with Crippen LogP contribution < -0.4 is 16.0 Å². The lowest BCUT2D eigenvalue weighted by atomic mass is 9.85. The van der Waals surface area contributed by atoms with Gasteiger partial charge >= 0.3 is 0 Å². The van der Waals surface area contributed by atoms with Gasteiger partial charge in [-0.3, -0.25) is 9.36 Å². The Kier molecular flexibility index (Phi) is 3.40. The van der Waals surface area contributed by atoms with Gasteiger partial charge in [-0.25, -0.2) is 4.98 Å². The van der Waals surface area contributed by atoms with E-state index in [1.807, 2.05) is 30.4 Å². The molecule has 2 aromatic rings. The number of hydrogen-bond acceptors (Lipinski definition) is 5. The maximum atomic E-state index is 13.3. The first kappa shape index (κ1) is 15.2. The molecule has 0 amide bonds. The van der Waals surface area contributed by atoms with Gasteiger partial charge in [0.05, 0.1) is 22.9 Å². The topological polar surface area (TPSA) is 70.1 Å². The predicted octanol–water partition coefficient (Wildman–Crippen LogP) is 2.18. The van der Waals surface area contributed by atoms with Crippen molar-refractivity contribution in [1.82, 2.24) is 9.55 Å². The molecule has 0 radical (unpaired) electrons. The van der Waals surface area contributed by atoms with Gasteiger partial charge in [0.1, 0.15) is 17.1 Å². The molecule has 1 aliphatic heterocycles. The van der Waals surface area contributed by atoms with E-state index >= 15 is 0 Å². The maximum absolute atomic E-state index is 13.3. The summed E-state index contributed by atoms with van der Waals surface area (Å²) in [5, 5.41) is 0.537. The largest absolute Gasteiger partial charge is 0.497 e. The summed E-state index contributed by atoms with van der Waals surface area (Å²) < 4.78 is 6.99. The minimum absolute atomic E-state index is 0.0942. The fourth-order valence-corrected chi connectivity index (χ4v) is 3.98. The van der Waals surface area contributed by atoms with Crippen LogP contribution in [0, 0.1) is 0 Å². The van der Waals surface area contributed by atoms with Crippen LogP contribution in [0.2, 0.25) is 0 Å². The molecule has 0 saturated carbocycles. The van der Waals surface area contributed by atoms with Gasteiger partial charge in [0, 0.05) is 5.57 Å². The van der Waals surface area contributed by atoms with E-state index in [0.717, 1.165) is 16.9 Å². The van der Waals surface area contributed by atoms with Crippen LogP contribution in [0.25, 0.3) is 16.5 Å². The molecule has 5 nitrogen and oxygen atoms in total. The number of thiocarbonyl (C=S) groups is 1. The molecule has 1 unspecified atom stereocenters. The average molecular weight is 339 g/mol. The normalized spacial score (nSPS) is 21.1. The van der Waals surface area contributed by atoms with E-state index in [1.165, 1.54) is 0 Å². The number of nitrogens with zero attached hydrogens (tertiary/aromatic N) is 2. The van der Waals surface area contributed by atoms with Gasteiger partial charge in [0.2, 0.25) is 0 Å². The van der Waals surface area contributed by atoms with E-state index in [2.05, 4.69) is 0 Å². The number of nitrogens with two attached hydrogens (primary N) is 1. The van der Waals surface area contributed by atoms with E-state index in [-0.39, 0.29) is 5.56 Å². The average Bonchev–Trinajstić information content (AvgIpc) is 2.73. The Labute approximate surface area is 144 Å². The molecule has 1 aliphatic carbocycles. The highest BCUT2D eigenvalue weighted by molar-refractivity contribution is 7.81. The minimum atomic E-state index is -0.629. The van der Waals surface area contributed by atoms with Crippen molar-refractivity contribution >= 4 is 33.6 Å². The van der Waals surface area contributed by atoms with Crippen LogP contribution in [0.3, 0.4) is 0 Å². The number of methoxy groups -OCH3 is 1. The maximum Gasteiger partial charge on any atom is 0.262 e. The SMILES string of the molecule is COc1ccc2nc3n(c(=O)c2c1)C1(CCCN)C=CC=C3C1=S. The second kappa shape index (κ2) is 5.36. The lowest BCUT2D eigenvalue weighted by Crippen LogP contribution is -2.42. The van der Waals surface area contributed by atoms with Gasteiger partial charge in [0.25, 0.3) is 5.56 Å². The molecule has 6 heteroatoms. The zero-order valence-corrected chi connectivity index (χ0v) is 14.1. The molecule has 0 saturated heterocycles. The summed E-state index contributed by atoms with van der Waals surface area (Å²) in [5.74, 6) is 1.28. The molecular weight excluding hydrogens is 322 g/mol. The third kappa shape index (κ3) is 1.87. The zero-order valence-electron chi connectivity index (χ0n) is 13.3. The molecule has 1 atom stereocenters. The van der Waals surface area contributed by atoms with Crippen LogP contribution in [0.15, 0.2) is 41.2 Å². The molecule has 0 fully saturated rings. The minimum Gasteiger partial charge on any atom is -0.497 e. The Morgan fingerprint density at radius 3 is 3.00 bits per heavy atom. The number of fused-ring (bicyclic) bond motifs is 6. The van der Waals surface area contributed by atoms with Crippen molar-refractivity contribution in [3.8, 4) is 5.75 Å². The van der Waals surface area contributed by atoms with Gasteiger partial charge in [-0.1, -0.05) is 30.4 Å². The first-order valence-electron chi connectivity index (χ1n) is 7.88. The second-order valence-electron chi connectivity index (χ2n) is 6.04. The number of allylic oxidation sites excluding steroid dienone is 4. The van der Waals surface area contributed by atoms with Crippen LogP contribution in [0.5, 0.6) is 5.75 Å². The molecule has 0 spiro atoms. The second-order valence-corrected chi connectivity index (χ2v) is 6.45. The van der Waals surface area contributed by atoms with Crippen LogP contribution in [0.1, 0.15) is 18.7 Å². The highest BCUT2D eigenvalue weighted by Gasteiger charge is 2.46. The number of aromatic nitrogens is 2. The summed E-state index contributed by atoms with van der Waals surface area (Å²) in [5.41, 5.74) is 6.49. The summed E-state index contributed by atoms with van der Waals surface area (Å²) in [6.07, 6.45) is 7.37. The molecular formula is C18H17N3O2S. The van der Waals surface area contributed by atoms with Crippen molar-refractivity contribution in [2.24, 2.45) is 5.73 Å². The Morgan fingerprint density at radius 1 is 1.42 bits per heavy atom. The first-order valence-corrected chi connectivity index (χ1v) is 8.29. The molecule has 1 aromatic carbocycles. The summed E-state index contributed by atoms with van der Waals surface area (Å²) in [4.78, 5) is 18.7. The molecule has 4 rings (SSSR count). The Bertz CT molecular complexity index is 990. The Balaban J connectivity index is 2.06. The van der Waals surface area contributed by atoms with Crippen molar-refractivity contribution in [3.05, 3.63) is 52.6 Å². The van der Waals surface area contributed by atoms with E-state index in [9.17, 15) is 4.79 Å². The molecule has 122 valence electrons. The number of benzene rings is 1. The number of hydrogen-bond donors (Lipinski definition) is 1. The smallest absolute Gasteiger partial charge is 0.262 e. The van der Waals surface area contributed by atoms with E-state index in [1.54, 1.807) is 17.7 Å². The molecule has 2 aliphatic rings. The third-order valence-corrected chi connectivity index (χ3v) is 5.32. The zero-order chi connectivity index (χ0) is 16.9. The van der Waals surface area contributed by atoms with Crippen LogP contribution >= 0.6 is 12.2 Å².